The highest BCUT2D eigenvalue weighted by Gasteiger charge is 2.36. The van der Waals surface area contributed by atoms with Crippen LogP contribution >= 0.6 is 0 Å². The summed E-state index contributed by atoms with van der Waals surface area (Å²) in [7, 11) is 0. The lowest BCUT2D eigenvalue weighted by Crippen LogP contribution is -2.61. The molecule has 92 heavy (non-hydrogen) atoms. The van der Waals surface area contributed by atoms with Gasteiger partial charge in [-0.2, -0.15) is 0 Å². The van der Waals surface area contributed by atoms with Gasteiger partial charge in [0.25, 0.3) is 0 Å². The highest BCUT2D eigenvalue weighted by atomic mass is 16.4. The van der Waals surface area contributed by atoms with Crippen LogP contribution in [-0.4, -0.2) is 245 Å². The second-order valence-electron chi connectivity index (χ2n) is 20.8. The van der Waals surface area contributed by atoms with E-state index >= 15 is 0 Å². The van der Waals surface area contributed by atoms with E-state index in [2.05, 4.69) is 74.4 Å². The van der Waals surface area contributed by atoms with E-state index in [1.165, 1.54) is 13.8 Å². The van der Waals surface area contributed by atoms with Crippen LogP contribution in [0.3, 0.4) is 0 Å². The molecular weight excluding hydrogens is 1230 g/mol. The van der Waals surface area contributed by atoms with Gasteiger partial charge in [0.15, 0.2) is 0 Å². The second kappa shape index (κ2) is 41.1. The van der Waals surface area contributed by atoms with E-state index in [0.717, 1.165) is 27.7 Å². The minimum atomic E-state index is -1.88. The van der Waals surface area contributed by atoms with E-state index in [4.69, 9.17) is 33.8 Å². The number of aliphatic hydroxyl groups excluding tert-OH is 3. The van der Waals surface area contributed by atoms with Crippen LogP contribution in [-0.2, 0) is 91.1 Å². The summed E-state index contributed by atoms with van der Waals surface area (Å²) in [6, 6.07) is -14.8. The minimum absolute atomic E-state index is 0.198. The van der Waals surface area contributed by atoms with E-state index < -0.39 is 256 Å². The Kier molecular flexibility index (Phi) is 36.6. The summed E-state index contributed by atoms with van der Waals surface area (Å²) in [5.41, 5.74) is 26.4. The number of hydrogen-bond donors (Lipinski definition) is 23. The van der Waals surface area contributed by atoms with Crippen molar-refractivity contribution in [1.82, 2.24) is 74.4 Å². The van der Waals surface area contributed by atoms with E-state index in [1.807, 2.05) is 0 Å². The molecule has 0 saturated heterocycles. The molecule has 0 unspecified atom stereocenters. The number of carbonyl (C=O) groups is 19. The Labute approximate surface area is 523 Å². The van der Waals surface area contributed by atoms with Crippen LogP contribution in [0, 0.1) is 5.92 Å². The fourth-order valence-electron chi connectivity index (χ4n) is 7.31. The maximum Gasteiger partial charge on any atom is 0.322 e. The molecule has 0 aromatic rings. The number of nitrogens with one attached hydrogen (secondary N) is 14. The Morgan fingerprint density at radius 1 is 0.326 bits per heavy atom. The van der Waals surface area contributed by atoms with Crippen LogP contribution in [0.4, 0.5) is 0 Å². The molecule has 18 amide bonds. The van der Waals surface area contributed by atoms with Gasteiger partial charge in [0.1, 0.15) is 54.9 Å². The number of aliphatic hydroxyl groups is 3. The van der Waals surface area contributed by atoms with E-state index in [1.54, 1.807) is 0 Å². The molecule has 0 aliphatic heterocycles. The zero-order chi connectivity index (χ0) is 70.9. The summed E-state index contributed by atoms with van der Waals surface area (Å²) >= 11 is 0. The molecule has 0 heterocycles. The fourth-order valence-corrected chi connectivity index (χ4v) is 7.31. The normalized spacial score (nSPS) is 14.7. The number of amides is 18. The molecule has 0 rings (SSSR count). The Morgan fingerprint density at radius 2 is 0.641 bits per heavy atom. The Bertz CT molecular complexity index is 2730. The summed E-state index contributed by atoms with van der Waals surface area (Å²) in [5, 5.41) is 69.4. The van der Waals surface area contributed by atoms with Gasteiger partial charge in [-0.05, 0) is 46.5 Å². The topological polar surface area (TPSA) is 704 Å². The van der Waals surface area contributed by atoms with E-state index in [-0.39, 0.29) is 12.8 Å². The monoisotopic (exact) mass is 1320 g/mol. The maximum atomic E-state index is 13.3. The second-order valence-corrected chi connectivity index (χ2v) is 20.8. The van der Waals surface area contributed by atoms with Crippen molar-refractivity contribution >= 4 is 112 Å². The molecule has 0 spiro atoms. The van der Waals surface area contributed by atoms with Gasteiger partial charge in [0.05, 0.1) is 69.9 Å². The predicted molar refractivity (Wildman–Crippen MR) is 309 cm³/mol. The number of nitrogens with two attached hydrogens (primary N) is 5. The Hall–Kier alpha value is -10.2. The van der Waals surface area contributed by atoms with Gasteiger partial charge < -0.3 is 124 Å². The van der Waals surface area contributed by atoms with Crippen LogP contribution in [0.1, 0.15) is 80.1 Å². The van der Waals surface area contributed by atoms with Crippen LogP contribution in [0.25, 0.3) is 0 Å². The van der Waals surface area contributed by atoms with Crippen LogP contribution in [0.5, 0.6) is 0 Å². The third-order valence-corrected chi connectivity index (χ3v) is 12.2. The van der Waals surface area contributed by atoms with Crippen molar-refractivity contribution in [3.05, 3.63) is 0 Å². The van der Waals surface area contributed by atoms with Crippen LogP contribution in [0.15, 0.2) is 0 Å². The average molecular weight is 1320 g/mol. The van der Waals surface area contributed by atoms with E-state index in [9.17, 15) is 106 Å². The first-order valence-corrected chi connectivity index (χ1v) is 27.9. The van der Waals surface area contributed by atoms with Gasteiger partial charge in [-0.15, -0.1) is 0 Å². The Balaban J connectivity index is 5.52. The molecular formula is C50H83N19O23. The van der Waals surface area contributed by atoms with Gasteiger partial charge in [-0.3, -0.25) is 91.1 Å². The number of rotatable bonds is 43. The lowest BCUT2D eigenvalue weighted by molar-refractivity contribution is -0.139. The summed E-state index contributed by atoms with van der Waals surface area (Å²) in [4.78, 5) is 237. The van der Waals surface area contributed by atoms with Crippen molar-refractivity contribution in [2.24, 2.45) is 34.6 Å². The lowest BCUT2D eigenvalue weighted by Gasteiger charge is -2.27. The number of aliphatic carboxylic acids is 1. The summed E-state index contributed by atoms with van der Waals surface area (Å²) in [5.74, 6) is -21.4. The number of carbonyl (C=O) groups excluding carboxylic acids is 18. The number of carboxylic acid groups (broad SMARTS) is 1. The smallest absolute Gasteiger partial charge is 0.322 e. The third kappa shape index (κ3) is 33.4. The van der Waals surface area contributed by atoms with Gasteiger partial charge in [0.2, 0.25) is 106 Å². The summed E-state index contributed by atoms with van der Waals surface area (Å²) in [6.45, 7) is 2.08. The van der Waals surface area contributed by atoms with Gasteiger partial charge in [-0.1, -0.05) is 13.8 Å². The van der Waals surface area contributed by atoms with Crippen LogP contribution in [0.2, 0.25) is 0 Å². The fraction of sp³-hybridized carbons (Fsp3) is 0.620. The first kappa shape index (κ1) is 81.8. The lowest BCUT2D eigenvalue weighted by atomic mass is 10.0. The molecule has 12 atom stereocenters. The maximum absolute atomic E-state index is 13.3. The highest BCUT2D eigenvalue weighted by Crippen LogP contribution is 2.07. The van der Waals surface area contributed by atoms with Crippen molar-refractivity contribution in [3.63, 3.8) is 0 Å². The van der Waals surface area contributed by atoms with Crippen LogP contribution < -0.4 is 103 Å². The molecule has 42 heteroatoms. The standard InChI is InChI=1S/C50H83N19O23/c1-19(2)38(47(89)61-18-37(82)83)66-50(92)41(23(6)72)69-46(88)27(12-31(55)76)64-35(80)16-58-42(84)20(3)62-44(86)25(8-10-29(53)74)63-34(79)15-57-32(77)13-56-33(78)14-59-49(91)40(22(5)71)68-45(87)26(11-30(54)75)65-36(81)17-60-48(90)39(21(4)70)67-43(85)24(51)7-9-28(52)73/h19-27,38-41,70-72H,7-18,51H2,1-6H3,(H2,52,73)(H2,53,74)(H2,54,75)(H2,55,76)(H,56,78)(H,57,77)(H,58,84)(H,59,91)(H,60,90)(H,61,89)(H,62,86)(H,63,79)(H,64,80)(H,65,81)(H,66,92)(H,67,85)(H,68,87)(H,69,88)(H,82,83)/t20-,21+,22+,23+,24-,25-,26-,27-,38-,39-,40-,41-/m0/s1. The van der Waals surface area contributed by atoms with Crippen molar-refractivity contribution in [3.8, 4) is 0 Å². The zero-order valence-corrected chi connectivity index (χ0v) is 50.9. The molecule has 0 aromatic carbocycles. The van der Waals surface area contributed by atoms with E-state index in [0.29, 0.717) is 0 Å². The van der Waals surface area contributed by atoms with Gasteiger partial charge in [0, 0.05) is 12.8 Å². The average Bonchev–Trinajstić information content (AvgIpc) is 1.09. The van der Waals surface area contributed by atoms with Crippen molar-refractivity contribution in [2.75, 3.05) is 39.3 Å². The quantitative estimate of drug-likeness (QED) is 0.0270. The number of carboxylic acids is 1. The molecule has 0 radical (unpaired) electrons. The molecule has 0 aliphatic carbocycles. The summed E-state index contributed by atoms with van der Waals surface area (Å²) < 4.78 is 0. The van der Waals surface area contributed by atoms with Gasteiger partial charge >= 0.3 is 5.97 Å². The summed E-state index contributed by atoms with van der Waals surface area (Å²) in [6.07, 6.45) is -8.12. The molecule has 28 N–H and O–H groups in total. The molecule has 42 nitrogen and oxygen atoms in total. The Morgan fingerprint density at radius 3 is 1.03 bits per heavy atom. The number of primary amides is 4. The van der Waals surface area contributed by atoms with Crippen molar-refractivity contribution in [1.29, 1.82) is 0 Å². The number of hydrogen-bond acceptors (Lipinski definition) is 23. The first-order chi connectivity index (χ1) is 42.7. The highest BCUT2D eigenvalue weighted by molar-refractivity contribution is 6.00. The molecule has 516 valence electrons. The third-order valence-electron chi connectivity index (χ3n) is 12.2. The molecule has 0 aromatic heterocycles. The largest absolute Gasteiger partial charge is 0.480 e. The SMILES string of the molecule is CC(C)[C@H](NC(=O)[C@@H](NC(=O)[C@H](CC(N)=O)NC(=O)CNC(=O)[C@H](C)NC(=O)[C@H](CCC(N)=O)NC(=O)CNC(=O)CNC(=O)CNC(=O)[C@@H](NC(=O)[C@H](CC(N)=O)NC(=O)CNC(=O)[C@@H](NC(=O)[C@@H](N)CCC(N)=O)[C@@H](C)O)[C@@H](C)O)[C@@H](C)O)C(=O)NCC(=O)O. The first-order valence-electron chi connectivity index (χ1n) is 27.9. The molecule has 0 saturated carbocycles. The van der Waals surface area contributed by atoms with Crippen molar-refractivity contribution in [2.45, 2.75) is 153 Å². The van der Waals surface area contributed by atoms with Crippen molar-refractivity contribution < 1.29 is 112 Å². The van der Waals surface area contributed by atoms with Gasteiger partial charge in [-0.25, -0.2) is 0 Å². The molecule has 0 aliphatic rings. The molecule has 0 fully saturated rings. The predicted octanol–water partition coefficient (Wildman–Crippen LogP) is -14.9. The minimum Gasteiger partial charge on any atom is -0.480 e. The zero-order valence-electron chi connectivity index (χ0n) is 50.9. The molecule has 0 bridgehead atoms.